The Labute approximate surface area is 123 Å². The third-order valence-corrected chi connectivity index (χ3v) is 3.04. The average Bonchev–Trinajstić information content (AvgIpc) is 2.53. The zero-order chi connectivity index (χ0) is 15.2. The molecule has 2 aromatic rings. The van der Waals surface area contributed by atoms with Crippen molar-refractivity contribution in [3.8, 4) is 11.8 Å². The Morgan fingerprint density at radius 2 is 2.05 bits per heavy atom. The fourth-order valence-corrected chi connectivity index (χ4v) is 2.10. The molecular formula is C17H15NO3. The maximum absolute atomic E-state index is 11.6. The van der Waals surface area contributed by atoms with E-state index in [1.807, 2.05) is 49.4 Å². The lowest BCUT2D eigenvalue weighted by molar-refractivity contribution is -0.135. The van der Waals surface area contributed by atoms with E-state index in [9.17, 15) is 4.79 Å². The lowest BCUT2D eigenvalue weighted by atomic mass is 10.0. The molecule has 0 amide bonds. The molecule has 0 fully saturated rings. The molecule has 106 valence electrons. The number of rotatable bonds is 4. The van der Waals surface area contributed by atoms with Crippen LogP contribution in [0.4, 0.5) is 0 Å². The predicted molar refractivity (Wildman–Crippen MR) is 80.7 cm³/mol. The van der Waals surface area contributed by atoms with Crippen molar-refractivity contribution in [2.24, 2.45) is 0 Å². The van der Waals surface area contributed by atoms with Crippen molar-refractivity contribution >= 4 is 22.8 Å². The van der Waals surface area contributed by atoms with Crippen molar-refractivity contribution in [3.05, 3.63) is 47.5 Å². The second-order valence-electron chi connectivity index (χ2n) is 4.29. The van der Waals surface area contributed by atoms with Crippen LogP contribution >= 0.6 is 0 Å². The van der Waals surface area contributed by atoms with Crippen LogP contribution in [0.25, 0.3) is 16.8 Å². The van der Waals surface area contributed by atoms with Gasteiger partial charge < -0.3 is 9.47 Å². The van der Waals surface area contributed by atoms with Crippen molar-refractivity contribution in [2.45, 2.75) is 6.92 Å². The second kappa shape index (κ2) is 6.58. The van der Waals surface area contributed by atoms with Gasteiger partial charge in [0, 0.05) is 5.56 Å². The van der Waals surface area contributed by atoms with Gasteiger partial charge in [-0.2, -0.15) is 5.26 Å². The van der Waals surface area contributed by atoms with Crippen molar-refractivity contribution < 1.29 is 14.3 Å². The van der Waals surface area contributed by atoms with Crippen molar-refractivity contribution in [1.82, 2.24) is 0 Å². The monoisotopic (exact) mass is 281 g/mol. The molecule has 0 bridgehead atoms. The van der Waals surface area contributed by atoms with E-state index >= 15 is 0 Å². The van der Waals surface area contributed by atoms with Gasteiger partial charge in [-0.15, -0.1) is 0 Å². The highest BCUT2D eigenvalue weighted by atomic mass is 16.5. The summed E-state index contributed by atoms with van der Waals surface area (Å²) in [7, 11) is 1.25. The smallest absolute Gasteiger partial charge is 0.348 e. The molecule has 0 N–H and O–H groups in total. The SMILES string of the molecule is CCOc1ccc2ccccc2c1/C=C(/C#N)C(=O)OC. The molecule has 4 nitrogen and oxygen atoms in total. The molecule has 0 saturated heterocycles. The van der Waals surface area contributed by atoms with Crippen molar-refractivity contribution in [2.75, 3.05) is 13.7 Å². The summed E-state index contributed by atoms with van der Waals surface area (Å²) in [5.41, 5.74) is 0.645. The van der Waals surface area contributed by atoms with Gasteiger partial charge in [0.05, 0.1) is 13.7 Å². The van der Waals surface area contributed by atoms with E-state index in [0.717, 1.165) is 10.8 Å². The third kappa shape index (κ3) is 3.03. The van der Waals surface area contributed by atoms with Crippen molar-refractivity contribution in [1.29, 1.82) is 5.26 Å². The molecule has 0 atom stereocenters. The molecule has 0 radical (unpaired) electrons. The van der Waals surface area contributed by atoms with E-state index in [-0.39, 0.29) is 5.57 Å². The second-order valence-corrected chi connectivity index (χ2v) is 4.29. The Bertz CT molecular complexity index is 741. The van der Waals surface area contributed by atoms with Gasteiger partial charge in [-0.05, 0) is 29.8 Å². The number of carbonyl (C=O) groups excluding carboxylic acids is 1. The van der Waals surface area contributed by atoms with Gasteiger partial charge >= 0.3 is 5.97 Å². The van der Waals surface area contributed by atoms with Gasteiger partial charge in [-0.25, -0.2) is 4.79 Å². The number of nitrogens with zero attached hydrogens (tertiary/aromatic N) is 1. The summed E-state index contributed by atoms with van der Waals surface area (Å²) in [5, 5.41) is 11.0. The Morgan fingerprint density at radius 3 is 2.71 bits per heavy atom. The normalized spacial score (nSPS) is 11.0. The summed E-state index contributed by atoms with van der Waals surface area (Å²) in [4.78, 5) is 11.6. The van der Waals surface area contributed by atoms with Gasteiger partial charge in [-0.1, -0.05) is 30.3 Å². The summed E-state index contributed by atoms with van der Waals surface area (Å²) < 4.78 is 10.2. The molecule has 0 aliphatic heterocycles. The fourth-order valence-electron chi connectivity index (χ4n) is 2.10. The summed E-state index contributed by atoms with van der Waals surface area (Å²) >= 11 is 0. The summed E-state index contributed by atoms with van der Waals surface area (Å²) in [5.74, 6) is -0.0271. The van der Waals surface area contributed by atoms with E-state index in [0.29, 0.717) is 17.9 Å². The molecule has 2 aromatic carbocycles. The molecule has 2 rings (SSSR count). The first-order chi connectivity index (χ1) is 10.2. The van der Waals surface area contributed by atoms with E-state index in [1.165, 1.54) is 13.2 Å². The van der Waals surface area contributed by atoms with E-state index in [4.69, 9.17) is 10.00 Å². The largest absolute Gasteiger partial charge is 0.493 e. The Balaban J connectivity index is 2.69. The topological polar surface area (TPSA) is 59.3 Å². The number of methoxy groups -OCH3 is 1. The number of esters is 1. The van der Waals surface area contributed by atoms with Crippen LogP contribution in [0.15, 0.2) is 42.0 Å². The summed E-state index contributed by atoms with van der Waals surface area (Å²) in [6, 6.07) is 13.4. The summed E-state index contributed by atoms with van der Waals surface area (Å²) in [6.45, 7) is 2.38. The molecular weight excluding hydrogens is 266 g/mol. The standard InChI is InChI=1S/C17H15NO3/c1-3-21-16-9-8-12-6-4-5-7-14(12)15(16)10-13(11-18)17(19)20-2/h4-10H,3H2,1-2H3/b13-10-. The molecule has 0 saturated carbocycles. The number of hydrogen-bond acceptors (Lipinski definition) is 4. The lowest BCUT2D eigenvalue weighted by Gasteiger charge is -2.11. The first-order valence-electron chi connectivity index (χ1n) is 6.56. The predicted octanol–water partition coefficient (Wildman–Crippen LogP) is 3.32. The Kier molecular flexibility index (Phi) is 4.57. The number of fused-ring (bicyclic) bond motifs is 1. The number of hydrogen-bond donors (Lipinski definition) is 0. The lowest BCUT2D eigenvalue weighted by Crippen LogP contribution is -2.03. The minimum absolute atomic E-state index is 0.0604. The Morgan fingerprint density at radius 1 is 1.29 bits per heavy atom. The van der Waals surface area contributed by atoms with Crippen LogP contribution in [0, 0.1) is 11.3 Å². The van der Waals surface area contributed by atoms with Crippen LogP contribution in [0.3, 0.4) is 0 Å². The van der Waals surface area contributed by atoms with Gasteiger partial charge in [0.2, 0.25) is 0 Å². The minimum atomic E-state index is -0.659. The Hall–Kier alpha value is -2.80. The molecule has 0 aliphatic carbocycles. The zero-order valence-electron chi connectivity index (χ0n) is 11.9. The first-order valence-corrected chi connectivity index (χ1v) is 6.56. The third-order valence-electron chi connectivity index (χ3n) is 3.04. The van der Waals surface area contributed by atoms with Crippen LogP contribution in [-0.2, 0) is 9.53 Å². The number of nitriles is 1. The fraction of sp³-hybridized carbons (Fsp3) is 0.176. The zero-order valence-corrected chi connectivity index (χ0v) is 11.9. The first kappa shape index (κ1) is 14.6. The van der Waals surface area contributed by atoms with Gasteiger partial charge in [0.1, 0.15) is 17.4 Å². The highest BCUT2D eigenvalue weighted by Gasteiger charge is 2.13. The maximum atomic E-state index is 11.6. The van der Waals surface area contributed by atoms with Crippen LogP contribution in [-0.4, -0.2) is 19.7 Å². The number of ether oxygens (including phenoxy) is 2. The number of carbonyl (C=O) groups is 1. The molecule has 0 spiro atoms. The van der Waals surface area contributed by atoms with Gasteiger partial charge in [0.15, 0.2) is 0 Å². The van der Waals surface area contributed by atoms with Gasteiger partial charge in [-0.3, -0.25) is 0 Å². The van der Waals surface area contributed by atoms with Crippen LogP contribution in [0.1, 0.15) is 12.5 Å². The molecule has 21 heavy (non-hydrogen) atoms. The highest BCUT2D eigenvalue weighted by molar-refractivity contribution is 6.02. The molecule has 0 heterocycles. The van der Waals surface area contributed by atoms with Gasteiger partial charge in [0.25, 0.3) is 0 Å². The molecule has 0 unspecified atom stereocenters. The van der Waals surface area contributed by atoms with E-state index in [2.05, 4.69) is 4.74 Å². The highest BCUT2D eigenvalue weighted by Crippen LogP contribution is 2.30. The molecule has 0 aromatic heterocycles. The maximum Gasteiger partial charge on any atom is 0.348 e. The van der Waals surface area contributed by atoms with Crippen LogP contribution < -0.4 is 4.74 Å². The molecule has 4 heteroatoms. The van der Waals surface area contributed by atoms with Crippen molar-refractivity contribution in [3.63, 3.8) is 0 Å². The summed E-state index contributed by atoms with van der Waals surface area (Å²) in [6.07, 6.45) is 1.51. The van der Waals surface area contributed by atoms with Crippen LogP contribution in [0.5, 0.6) is 5.75 Å². The number of benzene rings is 2. The van der Waals surface area contributed by atoms with E-state index < -0.39 is 5.97 Å². The minimum Gasteiger partial charge on any atom is -0.493 e. The average molecular weight is 281 g/mol. The molecule has 0 aliphatic rings. The quantitative estimate of drug-likeness (QED) is 0.490. The van der Waals surface area contributed by atoms with E-state index in [1.54, 1.807) is 0 Å². The van der Waals surface area contributed by atoms with Crippen LogP contribution in [0.2, 0.25) is 0 Å².